The summed E-state index contributed by atoms with van der Waals surface area (Å²) in [5, 5.41) is 6.77. The Morgan fingerprint density at radius 1 is 1.21 bits per heavy atom. The van der Waals surface area contributed by atoms with Crippen molar-refractivity contribution in [1.82, 2.24) is 20.5 Å². The van der Waals surface area contributed by atoms with Crippen LogP contribution in [0.1, 0.15) is 35.3 Å². The Labute approximate surface area is 213 Å². The first-order valence-corrected chi connectivity index (χ1v) is 11.1. The number of methoxy groups -OCH3 is 1. The Morgan fingerprint density at radius 2 is 1.91 bits per heavy atom. The molecule has 0 aliphatic carbocycles. The fourth-order valence-corrected chi connectivity index (χ4v) is 3.95. The zero-order valence-corrected chi connectivity index (χ0v) is 22.2. The lowest BCUT2D eigenvalue weighted by molar-refractivity contribution is 0.0170. The second-order valence-electron chi connectivity index (χ2n) is 7.84. The van der Waals surface area contributed by atoms with Gasteiger partial charge >= 0.3 is 0 Å². The van der Waals surface area contributed by atoms with Crippen LogP contribution in [0.4, 0.5) is 4.39 Å². The number of halogens is 2. The number of hydrogen-bond donors (Lipinski definition) is 2. The average Bonchev–Trinajstić information content (AvgIpc) is 2.80. The molecule has 0 radical (unpaired) electrons. The van der Waals surface area contributed by atoms with Gasteiger partial charge in [0, 0.05) is 43.5 Å². The van der Waals surface area contributed by atoms with Crippen molar-refractivity contribution in [2.24, 2.45) is 4.99 Å². The number of rotatable bonds is 8. The first kappa shape index (κ1) is 27.3. The number of hydrogen-bond acceptors (Lipinski definition) is 5. The molecule has 7 nitrogen and oxygen atoms in total. The molecule has 0 saturated carbocycles. The third-order valence-corrected chi connectivity index (χ3v) is 5.69. The minimum atomic E-state index is -0.228. The molecule has 0 spiro atoms. The van der Waals surface area contributed by atoms with Gasteiger partial charge in [-0.25, -0.2) is 9.38 Å². The molecule has 1 unspecified atom stereocenters. The first-order chi connectivity index (χ1) is 15.5. The first-order valence-electron chi connectivity index (χ1n) is 11.1. The molecular weight excluding hydrogens is 536 g/mol. The maximum absolute atomic E-state index is 13.5. The van der Waals surface area contributed by atoms with Gasteiger partial charge in [-0.2, -0.15) is 0 Å². The Kier molecular flexibility index (Phi) is 11.3. The molecule has 1 fully saturated rings. The summed E-state index contributed by atoms with van der Waals surface area (Å²) in [6, 6.07) is 6.82. The van der Waals surface area contributed by atoms with Crippen LogP contribution >= 0.6 is 24.0 Å². The maximum atomic E-state index is 13.5. The van der Waals surface area contributed by atoms with Crippen molar-refractivity contribution < 1.29 is 13.9 Å². The lowest BCUT2D eigenvalue weighted by Crippen LogP contribution is -2.46. The summed E-state index contributed by atoms with van der Waals surface area (Å²) in [7, 11) is 1.68. The zero-order valence-electron chi connectivity index (χ0n) is 19.9. The molecule has 1 aromatic carbocycles. The summed E-state index contributed by atoms with van der Waals surface area (Å²) in [5.74, 6) is 1.34. The highest BCUT2D eigenvalue weighted by Gasteiger charge is 2.23. The Bertz CT molecular complexity index is 904. The highest BCUT2D eigenvalue weighted by molar-refractivity contribution is 14.0. The SMILES string of the molecule is CCNC(=NCc1ncc(C)c(OC)c1C)NCC(c1ccc(F)cc1)N1CCOCC1.I. The second kappa shape index (κ2) is 13.7. The van der Waals surface area contributed by atoms with Crippen LogP contribution in [0.25, 0.3) is 0 Å². The quantitative estimate of drug-likeness (QED) is 0.287. The van der Waals surface area contributed by atoms with Gasteiger partial charge in [0.15, 0.2) is 5.96 Å². The molecule has 0 amide bonds. The van der Waals surface area contributed by atoms with Crippen molar-refractivity contribution in [2.75, 3.05) is 46.5 Å². The van der Waals surface area contributed by atoms with Crippen LogP contribution in [-0.2, 0) is 11.3 Å². The summed E-state index contributed by atoms with van der Waals surface area (Å²) < 4.78 is 24.5. The van der Waals surface area contributed by atoms with Crippen molar-refractivity contribution >= 4 is 29.9 Å². The predicted molar refractivity (Wildman–Crippen MR) is 140 cm³/mol. The standard InChI is InChI=1S/C24H34FN5O2.HI/c1-5-26-24(28-15-21-18(3)23(31-4)17(2)14-27-21)29-16-22(30-10-12-32-13-11-30)19-6-8-20(25)9-7-19;/h6-9,14,22H,5,10-13,15-16H2,1-4H3,(H2,26,28,29);1H. The minimum Gasteiger partial charge on any atom is -0.496 e. The topological polar surface area (TPSA) is 71.0 Å². The molecule has 1 aromatic heterocycles. The zero-order chi connectivity index (χ0) is 22.9. The predicted octanol–water partition coefficient (Wildman–Crippen LogP) is 3.59. The maximum Gasteiger partial charge on any atom is 0.191 e. The number of aryl methyl sites for hydroxylation is 1. The van der Waals surface area contributed by atoms with Crippen LogP contribution in [-0.4, -0.2) is 62.3 Å². The lowest BCUT2D eigenvalue weighted by Gasteiger charge is -2.35. The molecule has 1 aliphatic heterocycles. The summed E-state index contributed by atoms with van der Waals surface area (Å²) in [4.78, 5) is 11.7. The largest absolute Gasteiger partial charge is 0.496 e. The van der Waals surface area contributed by atoms with Crippen LogP contribution < -0.4 is 15.4 Å². The van der Waals surface area contributed by atoms with Crippen LogP contribution in [0.2, 0.25) is 0 Å². The van der Waals surface area contributed by atoms with Crippen molar-refractivity contribution in [2.45, 2.75) is 33.4 Å². The monoisotopic (exact) mass is 571 g/mol. The Hall–Kier alpha value is -1.98. The number of aromatic nitrogens is 1. The van der Waals surface area contributed by atoms with E-state index in [4.69, 9.17) is 14.5 Å². The van der Waals surface area contributed by atoms with E-state index in [9.17, 15) is 4.39 Å². The summed E-state index contributed by atoms with van der Waals surface area (Å²) in [5.41, 5.74) is 3.96. The smallest absolute Gasteiger partial charge is 0.191 e. The van der Waals surface area contributed by atoms with Crippen LogP contribution in [0.15, 0.2) is 35.5 Å². The van der Waals surface area contributed by atoms with Gasteiger partial charge in [0.05, 0.1) is 38.6 Å². The van der Waals surface area contributed by atoms with Gasteiger partial charge < -0.3 is 20.1 Å². The normalized spacial score (nSPS) is 15.5. The molecule has 1 aliphatic rings. The van der Waals surface area contributed by atoms with Gasteiger partial charge in [-0.1, -0.05) is 12.1 Å². The molecule has 3 rings (SSSR count). The third-order valence-electron chi connectivity index (χ3n) is 5.69. The van der Waals surface area contributed by atoms with E-state index in [-0.39, 0.29) is 35.8 Å². The minimum absolute atomic E-state index is 0. The van der Waals surface area contributed by atoms with Crippen molar-refractivity contribution in [3.63, 3.8) is 0 Å². The molecule has 33 heavy (non-hydrogen) atoms. The van der Waals surface area contributed by atoms with E-state index in [1.165, 1.54) is 12.1 Å². The highest BCUT2D eigenvalue weighted by Crippen LogP contribution is 2.24. The molecular formula is C24H35FIN5O2. The molecule has 2 aromatic rings. The van der Waals surface area contributed by atoms with E-state index in [2.05, 4.69) is 20.5 Å². The van der Waals surface area contributed by atoms with Crippen LogP contribution in [0.3, 0.4) is 0 Å². The molecule has 182 valence electrons. The van der Waals surface area contributed by atoms with Gasteiger partial charge in [0.1, 0.15) is 11.6 Å². The average molecular weight is 571 g/mol. The molecule has 1 atom stereocenters. The number of pyridine rings is 1. The number of nitrogens with one attached hydrogen (secondary N) is 2. The highest BCUT2D eigenvalue weighted by atomic mass is 127. The number of aliphatic imine (C=N–C) groups is 1. The van der Waals surface area contributed by atoms with Crippen LogP contribution in [0, 0.1) is 19.7 Å². The van der Waals surface area contributed by atoms with Crippen molar-refractivity contribution in [1.29, 1.82) is 0 Å². The summed E-state index contributed by atoms with van der Waals surface area (Å²) in [6.45, 7) is 10.9. The van der Waals surface area contributed by atoms with Gasteiger partial charge in [0.2, 0.25) is 0 Å². The molecule has 0 bridgehead atoms. The van der Waals surface area contributed by atoms with Crippen LogP contribution in [0.5, 0.6) is 5.75 Å². The van der Waals surface area contributed by atoms with Gasteiger partial charge in [-0.3, -0.25) is 9.88 Å². The molecule has 2 N–H and O–H groups in total. The van der Waals surface area contributed by atoms with Crippen molar-refractivity contribution in [3.05, 3.63) is 58.7 Å². The Balaban J connectivity index is 0.00000385. The van der Waals surface area contributed by atoms with Gasteiger partial charge in [-0.15, -0.1) is 24.0 Å². The van der Waals surface area contributed by atoms with Gasteiger partial charge in [-0.05, 0) is 38.5 Å². The van der Waals surface area contributed by atoms with Gasteiger partial charge in [0.25, 0.3) is 0 Å². The summed E-state index contributed by atoms with van der Waals surface area (Å²) in [6.07, 6.45) is 1.82. The van der Waals surface area contributed by atoms with Crippen molar-refractivity contribution in [3.8, 4) is 5.75 Å². The Morgan fingerprint density at radius 3 is 2.55 bits per heavy atom. The number of nitrogens with zero attached hydrogens (tertiary/aromatic N) is 3. The van der Waals surface area contributed by atoms with E-state index in [1.807, 2.05) is 39.1 Å². The fraction of sp³-hybridized carbons (Fsp3) is 0.500. The third kappa shape index (κ3) is 7.51. The molecule has 1 saturated heterocycles. The van der Waals surface area contributed by atoms with E-state index < -0.39 is 0 Å². The van der Waals surface area contributed by atoms with E-state index in [0.29, 0.717) is 32.3 Å². The molecule has 2 heterocycles. The van der Waals surface area contributed by atoms with E-state index in [1.54, 1.807) is 7.11 Å². The number of benzene rings is 1. The second-order valence-corrected chi connectivity index (χ2v) is 7.84. The molecule has 9 heteroatoms. The number of ether oxygens (including phenoxy) is 2. The fourth-order valence-electron chi connectivity index (χ4n) is 3.95. The lowest BCUT2D eigenvalue weighted by atomic mass is 10.0. The number of guanidine groups is 1. The summed E-state index contributed by atoms with van der Waals surface area (Å²) >= 11 is 0. The van der Waals surface area contributed by atoms with E-state index >= 15 is 0 Å². The number of morpholine rings is 1. The van der Waals surface area contributed by atoms with E-state index in [0.717, 1.165) is 47.8 Å².